The molecule has 0 unspecified atom stereocenters. The summed E-state index contributed by atoms with van der Waals surface area (Å²) in [6, 6.07) is 4.13. The Morgan fingerprint density at radius 2 is 2.03 bits per heavy atom. The molecule has 3 aromatic rings. The first-order valence-electron chi connectivity index (χ1n) is 12.6. The molecule has 2 N–H and O–H groups in total. The fraction of sp³-hybridized carbons (Fsp3) is 0.538. The highest BCUT2D eigenvalue weighted by molar-refractivity contribution is 7.99. The van der Waals surface area contributed by atoms with E-state index in [4.69, 9.17) is 9.52 Å². The molecule has 9 heteroatoms. The third kappa shape index (κ3) is 5.72. The molecule has 2 fully saturated rings. The number of nitrogens with one attached hydrogen (secondary N) is 2. The SMILES string of the molecule is CS[C@H]1CC[C@@H](n2cc(NC(=O)c3coc(-c4ccnc(NCC5CC5)c4)n3)c(C(C)C)n2)CC1. The smallest absolute Gasteiger partial charge is 0.277 e. The number of amides is 1. The van der Waals surface area contributed by atoms with Gasteiger partial charge in [0.25, 0.3) is 5.91 Å². The molecule has 35 heavy (non-hydrogen) atoms. The van der Waals surface area contributed by atoms with Gasteiger partial charge in [-0.25, -0.2) is 9.97 Å². The highest BCUT2D eigenvalue weighted by Crippen LogP contribution is 2.35. The second-order valence-electron chi connectivity index (χ2n) is 9.98. The molecule has 3 heterocycles. The summed E-state index contributed by atoms with van der Waals surface area (Å²) in [5.74, 6) is 1.84. The summed E-state index contributed by atoms with van der Waals surface area (Å²) < 4.78 is 7.71. The average molecular weight is 495 g/mol. The largest absolute Gasteiger partial charge is 0.444 e. The predicted molar refractivity (Wildman–Crippen MR) is 140 cm³/mol. The second-order valence-corrected chi connectivity index (χ2v) is 11.1. The fourth-order valence-corrected chi connectivity index (χ4v) is 5.33. The van der Waals surface area contributed by atoms with Crippen LogP contribution in [0.2, 0.25) is 0 Å². The van der Waals surface area contributed by atoms with E-state index in [1.54, 1.807) is 6.20 Å². The molecular formula is C26H34N6O2S. The maximum atomic E-state index is 13.1. The molecule has 0 atom stereocenters. The molecule has 186 valence electrons. The summed E-state index contributed by atoms with van der Waals surface area (Å²) in [5.41, 5.74) is 2.67. The third-order valence-electron chi connectivity index (χ3n) is 6.92. The van der Waals surface area contributed by atoms with Gasteiger partial charge in [0.05, 0.1) is 17.4 Å². The van der Waals surface area contributed by atoms with E-state index in [2.05, 4.69) is 45.4 Å². The Kier molecular flexibility index (Phi) is 7.13. The van der Waals surface area contributed by atoms with Gasteiger partial charge >= 0.3 is 0 Å². The van der Waals surface area contributed by atoms with E-state index < -0.39 is 0 Å². The molecular weight excluding hydrogens is 460 g/mol. The van der Waals surface area contributed by atoms with Crippen molar-refractivity contribution >= 4 is 29.2 Å². The first-order valence-corrected chi connectivity index (χ1v) is 13.9. The van der Waals surface area contributed by atoms with Crippen LogP contribution in [0, 0.1) is 5.92 Å². The summed E-state index contributed by atoms with van der Waals surface area (Å²) in [6.45, 7) is 5.12. The van der Waals surface area contributed by atoms with Crippen molar-refractivity contribution < 1.29 is 9.21 Å². The minimum absolute atomic E-state index is 0.195. The van der Waals surface area contributed by atoms with Gasteiger partial charge in [0.1, 0.15) is 12.1 Å². The average Bonchev–Trinajstić information content (AvgIpc) is 3.39. The number of oxazole rings is 1. The molecule has 2 aliphatic carbocycles. The van der Waals surface area contributed by atoms with Crippen LogP contribution in [0.25, 0.3) is 11.5 Å². The quantitative estimate of drug-likeness (QED) is 0.378. The summed E-state index contributed by atoms with van der Waals surface area (Å²) >= 11 is 1.96. The molecule has 3 aromatic heterocycles. The zero-order chi connectivity index (χ0) is 24.4. The minimum atomic E-state index is -0.298. The highest BCUT2D eigenvalue weighted by Gasteiger charge is 2.25. The summed E-state index contributed by atoms with van der Waals surface area (Å²) in [7, 11) is 0. The molecule has 0 bridgehead atoms. The normalized spacial score (nSPS) is 20.2. The molecule has 0 aliphatic heterocycles. The van der Waals surface area contributed by atoms with Crippen molar-refractivity contribution in [3.63, 3.8) is 0 Å². The number of nitrogens with zero attached hydrogens (tertiary/aromatic N) is 4. The minimum Gasteiger partial charge on any atom is -0.444 e. The Balaban J connectivity index is 1.28. The van der Waals surface area contributed by atoms with Gasteiger partial charge < -0.3 is 15.1 Å². The molecule has 2 saturated carbocycles. The Hall–Kier alpha value is -2.81. The Bertz CT molecular complexity index is 1160. The Morgan fingerprint density at radius 1 is 1.23 bits per heavy atom. The predicted octanol–water partition coefficient (Wildman–Crippen LogP) is 5.98. The standard InChI is InChI=1S/C26H34N6O2S/c1-16(2)24-21(14-32(31-24)19-6-8-20(35-3)9-7-19)29-25(33)22-15-34-26(30-22)18-10-11-27-23(12-18)28-13-17-4-5-17/h10-12,14-17,19-20H,4-9,13H2,1-3H3,(H,27,28)(H,29,33)/t19-,20+. The number of aromatic nitrogens is 4. The van der Waals surface area contributed by atoms with Gasteiger partial charge in [-0.2, -0.15) is 16.9 Å². The van der Waals surface area contributed by atoms with Crippen LogP contribution in [0.4, 0.5) is 11.5 Å². The number of hydrogen-bond acceptors (Lipinski definition) is 7. The molecule has 5 rings (SSSR count). The number of rotatable bonds is 9. The fourth-order valence-electron chi connectivity index (χ4n) is 4.59. The highest BCUT2D eigenvalue weighted by atomic mass is 32.2. The van der Waals surface area contributed by atoms with Crippen LogP contribution in [0.3, 0.4) is 0 Å². The summed E-state index contributed by atoms with van der Waals surface area (Å²) in [5, 5.41) is 12.0. The molecule has 0 saturated heterocycles. The number of carbonyl (C=O) groups excluding carboxylic acids is 1. The van der Waals surface area contributed by atoms with Crippen molar-refractivity contribution in [1.82, 2.24) is 19.7 Å². The lowest BCUT2D eigenvalue weighted by molar-refractivity contribution is 0.102. The lowest BCUT2D eigenvalue weighted by atomic mass is 9.95. The Morgan fingerprint density at radius 3 is 2.74 bits per heavy atom. The van der Waals surface area contributed by atoms with Crippen LogP contribution in [0.5, 0.6) is 0 Å². The van der Waals surface area contributed by atoms with Crippen LogP contribution >= 0.6 is 11.8 Å². The van der Waals surface area contributed by atoms with Crippen molar-refractivity contribution in [2.75, 3.05) is 23.4 Å². The molecule has 0 aromatic carbocycles. The number of pyridine rings is 1. The van der Waals surface area contributed by atoms with E-state index in [1.807, 2.05) is 30.1 Å². The van der Waals surface area contributed by atoms with Crippen LogP contribution in [-0.2, 0) is 0 Å². The van der Waals surface area contributed by atoms with E-state index in [0.717, 1.165) is 53.3 Å². The van der Waals surface area contributed by atoms with Crippen LogP contribution in [0.15, 0.2) is 35.2 Å². The van der Waals surface area contributed by atoms with Gasteiger partial charge in [-0.3, -0.25) is 9.48 Å². The van der Waals surface area contributed by atoms with E-state index in [-0.39, 0.29) is 17.5 Å². The first kappa shape index (κ1) is 23.9. The van der Waals surface area contributed by atoms with Gasteiger partial charge in [-0.1, -0.05) is 13.8 Å². The number of anilines is 2. The molecule has 0 radical (unpaired) electrons. The lowest BCUT2D eigenvalue weighted by Crippen LogP contribution is -2.20. The van der Waals surface area contributed by atoms with Crippen molar-refractivity contribution in [1.29, 1.82) is 0 Å². The number of thioether (sulfide) groups is 1. The monoisotopic (exact) mass is 494 g/mol. The van der Waals surface area contributed by atoms with Gasteiger partial charge in [0.15, 0.2) is 5.69 Å². The van der Waals surface area contributed by atoms with E-state index >= 15 is 0 Å². The van der Waals surface area contributed by atoms with Gasteiger partial charge in [0, 0.05) is 29.8 Å². The summed E-state index contributed by atoms with van der Waals surface area (Å²) in [4.78, 5) is 21.9. The van der Waals surface area contributed by atoms with Crippen molar-refractivity contribution in [2.45, 2.75) is 69.6 Å². The van der Waals surface area contributed by atoms with E-state index in [0.29, 0.717) is 11.9 Å². The second kappa shape index (κ2) is 10.4. The maximum Gasteiger partial charge on any atom is 0.277 e. The molecule has 0 spiro atoms. The number of hydrogen-bond donors (Lipinski definition) is 2. The molecule has 1 amide bonds. The van der Waals surface area contributed by atoms with Crippen LogP contribution in [0.1, 0.15) is 80.5 Å². The van der Waals surface area contributed by atoms with E-state index in [1.165, 1.54) is 31.9 Å². The zero-order valence-corrected chi connectivity index (χ0v) is 21.5. The van der Waals surface area contributed by atoms with E-state index in [9.17, 15) is 4.79 Å². The van der Waals surface area contributed by atoms with Crippen molar-refractivity contribution in [3.8, 4) is 11.5 Å². The van der Waals surface area contributed by atoms with Gasteiger partial charge in [0.2, 0.25) is 5.89 Å². The van der Waals surface area contributed by atoms with Crippen molar-refractivity contribution in [2.24, 2.45) is 5.92 Å². The van der Waals surface area contributed by atoms with Crippen molar-refractivity contribution in [3.05, 3.63) is 42.2 Å². The Labute approximate surface area is 210 Å². The topological polar surface area (TPSA) is 97.9 Å². The van der Waals surface area contributed by atoms with Gasteiger partial charge in [-0.05, 0) is 68.7 Å². The molecule has 2 aliphatic rings. The maximum absolute atomic E-state index is 13.1. The van der Waals surface area contributed by atoms with Gasteiger partial charge in [-0.15, -0.1) is 0 Å². The molecule has 8 nitrogen and oxygen atoms in total. The lowest BCUT2D eigenvalue weighted by Gasteiger charge is -2.27. The van der Waals surface area contributed by atoms with Crippen LogP contribution < -0.4 is 10.6 Å². The first-order chi connectivity index (χ1) is 17.0. The van der Waals surface area contributed by atoms with Crippen LogP contribution in [-0.4, -0.2) is 43.7 Å². The number of carbonyl (C=O) groups is 1. The third-order valence-corrected chi connectivity index (χ3v) is 8.06. The zero-order valence-electron chi connectivity index (χ0n) is 20.7. The summed E-state index contributed by atoms with van der Waals surface area (Å²) in [6.07, 6.45) is 14.5.